The third-order valence-corrected chi connectivity index (χ3v) is 1.07. The minimum atomic E-state index is -4.61. The topological polar surface area (TPSA) is 49.6 Å². The second-order valence-electron chi connectivity index (χ2n) is 1.86. The molecule has 0 radical (unpaired) electrons. The van der Waals surface area contributed by atoms with Crippen LogP contribution in [0.2, 0.25) is 0 Å². The van der Waals surface area contributed by atoms with Crippen LogP contribution < -0.4 is 0 Å². The normalized spacial score (nSPS) is 10.8. The van der Waals surface area contributed by atoms with Crippen molar-refractivity contribution in [3.63, 3.8) is 0 Å². The van der Waals surface area contributed by atoms with Gasteiger partial charge in [-0.05, 0) is 0 Å². The van der Waals surface area contributed by atoms with E-state index in [9.17, 15) is 13.2 Å². The molecule has 1 heterocycles. The SMILES string of the molecule is N#Cc1nccnc1C(F)(F)F. The van der Waals surface area contributed by atoms with Crippen molar-refractivity contribution < 1.29 is 13.2 Å². The number of nitriles is 1. The summed E-state index contributed by atoms with van der Waals surface area (Å²) in [6.45, 7) is 0. The number of hydrogen-bond donors (Lipinski definition) is 0. The van der Waals surface area contributed by atoms with Crippen molar-refractivity contribution in [1.82, 2.24) is 9.97 Å². The third kappa shape index (κ3) is 1.50. The molecule has 0 saturated heterocycles. The van der Waals surface area contributed by atoms with Gasteiger partial charge in [-0.3, -0.25) is 0 Å². The van der Waals surface area contributed by atoms with E-state index in [1.807, 2.05) is 0 Å². The lowest BCUT2D eigenvalue weighted by atomic mass is 10.3. The second kappa shape index (κ2) is 2.77. The van der Waals surface area contributed by atoms with E-state index in [0.29, 0.717) is 0 Å². The molecule has 0 saturated carbocycles. The van der Waals surface area contributed by atoms with Gasteiger partial charge in [0.25, 0.3) is 0 Å². The van der Waals surface area contributed by atoms with Gasteiger partial charge in [-0.15, -0.1) is 0 Å². The molecular weight excluding hydrogens is 171 g/mol. The van der Waals surface area contributed by atoms with Gasteiger partial charge >= 0.3 is 6.18 Å². The summed E-state index contributed by atoms with van der Waals surface area (Å²) in [6.07, 6.45) is -2.68. The monoisotopic (exact) mass is 173 g/mol. The average Bonchev–Trinajstić information content (AvgIpc) is 2.03. The Kier molecular flexibility index (Phi) is 1.95. The molecule has 0 aliphatic carbocycles. The molecule has 3 nitrogen and oxygen atoms in total. The van der Waals surface area contributed by atoms with Gasteiger partial charge in [0.15, 0.2) is 11.4 Å². The predicted octanol–water partition coefficient (Wildman–Crippen LogP) is 1.37. The molecule has 0 atom stereocenters. The van der Waals surface area contributed by atoms with Crippen LogP contribution in [-0.4, -0.2) is 9.97 Å². The lowest BCUT2D eigenvalue weighted by Crippen LogP contribution is -2.11. The third-order valence-electron chi connectivity index (χ3n) is 1.07. The molecule has 62 valence electrons. The van der Waals surface area contributed by atoms with Crippen LogP contribution in [0, 0.1) is 11.3 Å². The van der Waals surface area contributed by atoms with Crippen LogP contribution in [0.15, 0.2) is 12.4 Å². The van der Waals surface area contributed by atoms with Gasteiger partial charge in [0.2, 0.25) is 0 Å². The van der Waals surface area contributed by atoms with Gasteiger partial charge in [-0.1, -0.05) is 0 Å². The highest BCUT2D eigenvalue weighted by Gasteiger charge is 2.36. The maximum Gasteiger partial charge on any atom is 0.436 e. The molecule has 1 aromatic heterocycles. The van der Waals surface area contributed by atoms with Gasteiger partial charge in [0.1, 0.15) is 6.07 Å². The highest BCUT2D eigenvalue weighted by Crippen LogP contribution is 2.28. The molecule has 0 aliphatic heterocycles. The fraction of sp³-hybridized carbons (Fsp3) is 0.167. The van der Waals surface area contributed by atoms with E-state index in [2.05, 4.69) is 9.97 Å². The van der Waals surface area contributed by atoms with Gasteiger partial charge in [-0.2, -0.15) is 18.4 Å². The van der Waals surface area contributed by atoms with Crippen molar-refractivity contribution in [2.45, 2.75) is 6.18 Å². The maximum atomic E-state index is 12.0. The minimum absolute atomic E-state index is 0.704. The largest absolute Gasteiger partial charge is 0.436 e. The predicted molar refractivity (Wildman–Crippen MR) is 31.7 cm³/mol. The molecule has 1 aromatic rings. The van der Waals surface area contributed by atoms with Crippen LogP contribution in [0.4, 0.5) is 13.2 Å². The summed E-state index contributed by atoms with van der Waals surface area (Å²) in [5.41, 5.74) is -1.95. The molecular formula is C6H2F3N3. The summed E-state index contributed by atoms with van der Waals surface area (Å²) < 4.78 is 35.9. The number of alkyl halides is 3. The first-order chi connectivity index (χ1) is 5.55. The maximum absolute atomic E-state index is 12.0. The Morgan fingerprint density at radius 3 is 2.25 bits per heavy atom. The zero-order chi connectivity index (χ0) is 9.19. The minimum Gasteiger partial charge on any atom is -0.247 e. The Morgan fingerprint density at radius 1 is 1.25 bits per heavy atom. The Balaban J connectivity index is 3.26. The Bertz CT molecular complexity index is 326. The molecule has 1 rings (SSSR count). The fourth-order valence-electron chi connectivity index (χ4n) is 0.627. The number of halogens is 3. The zero-order valence-electron chi connectivity index (χ0n) is 5.63. The first kappa shape index (κ1) is 8.46. The summed E-state index contributed by atoms with van der Waals surface area (Å²) in [6, 6.07) is 1.31. The van der Waals surface area contributed by atoms with E-state index in [1.54, 1.807) is 0 Å². The van der Waals surface area contributed by atoms with Crippen molar-refractivity contribution in [1.29, 1.82) is 5.26 Å². The summed E-state index contributed by atoms with van der Waals surface area (Å²) >= 11 is 0. The van der Waals surface area contributed by atoms with Gasteiger partial charge in [0.05, 0.1) is 0 Å². The van der Waals surface area contributed by atoms with Crippen molar-refractivity contribution in [2.75, 3.05) is 0 Å². The smallest absolute Gasteiger partial charge is 0.247 e. The Labute approximate surface area is 65.5 Å². The molecule has 0 aromatic carbocycles. The molecule has 0 aliphatic rings. The van der Waals surface area contributed by atoms with Gasteiger partial charge < -0.3 is 0 Å². The molecule has 0 bridgehead atoms. The van der Waals surface area contributed by atoms with Crippen LogP contribution in [-0.2, 0) is 6.18 Å². The first-order valence-electron chi connectivity index (χ1n) is 2.84. The van der Waals surface area contributed by atoms with Crippen molar-refractivity contribution in [2.24, 2.45) is 0 Å². The lowest BCUT2D eigenvalue weighted by Gasteiger charge is -2.04. The van der Waals surface area contributed by atoms with E-state index in [1.165, 1.54) is 6.07 Å². The van der Waals surface area contributed by atoms with E-state index < -0.39 is 17.6 Å². The van der Waals surface area contributed by atoms with Crippen LogP contribution in [0.1, 0.15) is 11.4 Å². The number of hydrogen-bond acceptors (Lipinski definition) is 3. The molecule has 12 heavy (non-hydrogen) atoms. The van der Waals surface area contributed by atoms with Crippen LogP contribution >= 0.6 is 0 Å². The average molecular weight is 173 g/mol. The molecule has 0 fully saturated rings. The highest BCUT2D eigenvalue weighted by molar-refractivity contribution is 5.26. The number of aromatic nitrogens is 2. The standard InChI is InChI=1S/C6H2F3N3/c7-6(8,9)5-4(3-10)11-1-2-12-5/h1-2H. The molecule has 6 heteroatoms. The Morgan fingerprint density at radius 2 is 1.83 bits per heavy atom. The second-order valence-corrected chi connectivity index (χ2v) is 1.86. The first-order valence-corrected chi connectivity index (χ1v) is 2.84. The molecule has 0 unspecified atom stereocenters. The van der Waals surface area contributed by atoms with Crippen molar-refractivity contribution in [3.8, 4) is 6.07 Å². The van der Waals surface area contributed by atoms with Crippen molar-refractivity contribution in [3.05, 3.63) is 23.8 Å². The number of rotatable bonds is 0. The van der Waals surface area contributed by atoms with Crippen LogP contribution in [0.5, 0.6) is 0 Å². The van der Waals surface area contributed by atoms with E-state index in [-0.39, 0.29) is 0 Å². The summed E-state index contributed by atoms with van der Waals surface area (Å²) in [5.74, 6) is 0. The summed E-state index contributed by atoms with van der Waals surface area (Å²) in [5, 5.41) is 8.23. The van der Waals surface area contributed by atoms with E-state index in [4.69, 9.17) is 5.26 Å². The van der Waals surface area contributed by atoms with Crippen LogP contribution in [0.25, 0.3) is 0 Å². The zero-order valence-corrected chi connectivity index (χ0v) is 5.63. The van der Waals surface area contributed by atoms with Gasteiger partial charge in [-0.25, -0.2) is 9.97 Å². The van der Waals surface area contributed by atoms with E-state index in [0.717, 1.165) is 12.4 Å². The number of nitrogens with zero attached hydrogens (tertiary/aromatic N) is 3. The lowest BCUT2D eigenvalue weighted by molar-refractivity contribution is -0.141. The molecule has 0 amide bonds. The quantitative estimate of drug-likeness (QED) is 0.595. The van der Waals surface area contributed by atoms with E-state index >= 15 is 0 Å². The van der Waals surface area contributed by atoms with Gasteiger partial charge in [0, 0.05) is 12.4 Å². The van der Waals surface area contributed by atoms with Crippen LogP contribution in [0.3, 0.4) is 0 Å². The fourth-order valence-corrected chi connectivity index (χ4v) is 0.627. The van der Waals surface area contributed by atoms with Crippen molar-refractivity contribution >= 4 is 0 Å². The Hall–Kier alpha value is -1.64. The summed E-state index contributed by atoms with van der Waals surface area (Å²) in [4.78, 5) is 6.23. The molecule has 0 N–H and O–H groups in total. The summed E-state index contributed by atoms with van der Waals surface area (Å²) in [7, 11) is 0. The molecule has 0 spiro atoms. The highest BCUT2D eigenvalue weighted by atomic mass is 19.4.